The third-order valence-electron chi connectivity index (χ3n) is 4.39. The van der Waals surface area contributed by atoms with Crippen LogP contribution in [-0.2, 0) is 10.0 Å². The molecule has 3 rings (SSSR count). The van der Waals surface area contributed by atoms with Crippen LogP contribution in [0, 0.1) is 6.92 Å². The first-order valence-corrected chi connectivity index (χ1v) is 11.6. The van der Waals surface area contributed by atoms with E-state index in [0.717, 1.165) is 23.3 Å². The molecule has 0 bridgehead atoms. The molecular weight excluding hydrogens is 398 g/mol. The molecule has 0 aliphatic carbocycles. The Bertz CT molecular complexity index is 937. The number of aromatic nitrogens is 2. The lowest BCUT2D eigenvalue weighted by molar-refractivity contribution is 0.236. The first-order chi connectivity index (χ1) is 13.3. The number of carbonyl (C=O) groups is 1. The predicted molar refractivity (Wildman–Crippen MR) is 109 cm³/mol. The summed E-state index contributed by atoms with van der Waals surface area (Å²) in [5.74, 6) is 0. The van der Waals surface area contributed by atoms with Crippen molar-refractivity contribution in [3.05, 3.63) is 42.2 Å². The second-order valence-corrected chi connectivity index (χ2v) is 9.69. The van der Waals surface area contributed by atoms with E-state index in [9.17, 15) is 13.2 Å². The molecule has 1 unspecified atom stereocenters. The van der Waals surface area contributed by atoms with E-state index in [4.69, 9.17) is 0 Å². The van der Waals surface area contributed by atoms with Crippen LogP contribution in [0.5, 0.6) is 0 Å². The molecular formula is C18H23N5O3S2. The number of piperidine rings is 1. The summed E-state index contributed by atoms with van der Waals surface area (Å²) in [6.45, 7) is 2.72. The molecule has 1 atom stereocenters. The number of rotatable bonds is 5. The van der Waals surface area contributed by atoms with Gasteiger partial charge < -0.3 is 10.6 Å². The normalized spacial score (nSPS) is 17.9. The van der Waals surface area contributed by atoms with Gasteiger partial charge in [-0.3, -0.25) is 0 Å². The average molecular weight is 422 g/mol. The van der Waals surface area contributed by atoms with E-state index in [1.807, 2.05) is 25.1 Å². The minimum atomic E-state index is -3.24. The Morgan fingerprint density at radius 1 is 1.29 bits per heavy atom. The molecule has 28 heavy (non-hydrogen) atoms. The van der Waals surface area contributed by atoms with Crippen molar-refractivity contribution in [2.45, 2.75) is 35.9 Å². The zero-order valence-electron chi connectivity index (χ0n) is 15.8. The zero-order valence-corrected chi connectivity index (χ0v) is 17.4. The van der Waals surface area contributed by atoms with E-state index in [1.54, 1.807) is 18.5 Å². The van der Waals surface area contributed by atoms with Crippen LogP contribution < -0.4 is 10.6 Å². The molecule has 2 amide bonds. The number of urea groups is 1. The molecule has 0 spiro atoms. The summed E-state index contributed by atoms with van der Waals surface area (Å²) in [5.41, 5.74) is 1.61. The first-order valence-electron chi connectivity index (χ1n) is 8.89. The quantitative estimate of drug-likeness (QED) is 0.719. The van der Waals surface area contributed by atoms with Crippen LogP contribution >= 0.6 is 11.8 Å². The Hall–Kier alpha value is -2.17. The lowest BCUT2D eigenvalue weighted by Crippen LogP contribution is -2.50. The highest BCUT2D eigenvalue weighted by molar-refractivity contribution is 7.99. The SMILES string of the molecule is Cc1cc(Sc2ncccn2)ccc1NC(=O)NC1CCCN(S(C)(=O)=O)C1. The Morgan fingerprint density at radius 2 is 2.04 bits per heavy atom. The fraction of sp³-hybridized carbons (Fsp3) is 0.389. The van der Waals surface area contributed by atoms with Gasteiger partial charge in [-0.2, -0.15) is 0 Å². The molecule has 2 aromatic rings. The maximum Gasteiger partial charge on any atom is 0.319 e. The molecule has 10 heteroatoms. The van der Waals surface area contributed by atoms with Crippen molar-refractivity contribution in [1.82, 2.24) is 19.6 Å². The molecule has 0 saturated carbocycles. The Morgan fingerprint density at radius 3 is 2.71 bits per heavy atom. The zero-order chi connectivity index (χ0) is 20.1. The van der Waals surface area contributed by atoms with Crippen LogP contribution in [0.15, 0.2) is 46.7 Å². The molecule has 1 aliphatic rings. The van der Waals surface area contributed by atoms with Crippen LogP contribution in [-0.4, -0.2) is 54.1 Å². The van der Waals surface area contributed by atoms with Gasteiger partial charge in [-0.1, -0.05) is 0 Å². The van der Waals surface area contributed by atoms with Gasteiger partial charge in [0.25, 0.3) is 0 Å². The number of nitrogens with zero attached hydrogens (tertiary/aromatic N) is 3. The third-order valence-corrected chi connectivity index (χ3v) is 6.54. The molecule has 0 radical (unpaired) electrons. The van der Waals surface area contributed by atoms with Crippen molar-refractivity contribution in [3.8, 4) is 0 Å². The minimum absolute atomic E-state index is 0.200. The fourth-order valence-corrected chi connectivity index (χ4v) is 4.71. The average Bonchev–Trinajstić information content (AvgIpc) is 2.64. The van der Waals surface area contributed by atoms with Crippen molar-refractivity contribution < 1.29 is 13.2 Å². The van der Waals surface area contributed by atoms with Gasteiger partial charge in [0.2, 0.25) is 10.0 Å². The highest BCUT2D eigenvalue weighted by atomic mass is 32.2. The minimum Gasteiger partial charge on any atom is -0.334 e. The smallest absolute Gasteiger partial charge is 0.319 e. The number of hydrogen-bond acceptors (Lipinski definition) is 6. The van der Waals surface area contributed by atoms with Gasteiger partial charge in [-0.05, 0) is 61.4 Å². The van der Waals surface area contributed by atoms with Crippen molar-refractivity contribution in [1.29, 1.82) is 0 Å². The summed E-state index contributed by atoms with van der Waals surface area (Å²) < 4.78 is 24.8. The second-order valence-electron chi connectivity index (χ2n) is 6.67. The lowest BCUT2D eigenvalue weighted by atomic mass is 10.1. The van der Waals surface area contributed by atoms with Crippen LogP contribution in [0.3, 0.4) is 0 Å². The number of sulfonamides is 1. The number of anilines is 1. The molecule has 1 aliphatic heterocycles. The summed E-state index contributed by atoms with van der Waals surface area (Å²) in [6.07, 6.45) is 6.06. The lowest BCUT2D eigenvalue weighted by Gasteiger charge is -2.31. The van der Waals surface area contributed by atoms with Gasteiger partial charge in [0.05, 0.1) is 6.26 Å². The van der Waals surface area contributed by atoms with Crippen molar-refractivity contribution in [3.63, 3.8) is 0 Å². The number of aryl methyl sites for hydroxylation is 1. The van der Waals surface area contributed by atoms with E-state index in [-0.39, 0.29) is 12.1 Å². The molecule has 1 saturated heterocycles. The summed E-state index contributed by atoms with van der Waals surface area (Å²) >= 11 is 1.45. The molecule has 8 nitrogen and oxygen atoms in total. The number of nitrogens with one attached hydrogen (secondary N) is 2. The number of amides is 2. The van der Waals surface area contributed by atoms with Crippen molar-refractivity contribution in [2.75, 3.05) is 24.7 Å². The molecule has 2 heterocycles. The number of carbonyl (C=O) groups excluding carboxylic acids is 1. The topological polar surface area (TPSA) is 104 Å². The molecule has 1 fully saturated rings. The Labute approximate surface area is 169 Å². The van der Waals surface area contributed by atoms with E-state index < -0.39 is 10.0 Å². The van der Waals surface area contributed by atoms with Crippen LogP contribution in [0.1, 0.15) is 18.4 Å². The summed E-state index contributed by atoms with van der Waals surface area (Å²) in [5, 5.41) is 6.37. The number of benzene rings is 1. The number of hydrogen-bond donors (Lipinski definition) is 2. The van der Waals surface area contributed by atoms with Gasteiger partial charge in [-0.15, -0.1) is 0 Å². The van der Waals surface area contributed by atoms with Gasteiger partial charge in [0.15, 0.2) is 5.16 Å². The predicted octanol–water partition coefficient (Wildman–Crippen LogP) is 2.48. The summed E-state index contributed by atoms with van der Waals surface area (Å²) in [6, 6.07) is 6.92. The van der Waals surface area contributed by atoms with E-state index in [2.05, 4.69) is 20.6 Å². The maximum absolute atomic E-state index is 12.3. The van der Waals surface area contributed by atoms with E-state index >= 15 is 0 Å². The van der Waals surface area contributed by atoms with Crippen LogP contribution in [0.2, 0.25) is 0 Å². The monoisotopic (exact) mass is 421 g/mol. The standard InChI is InChI=1S/C18H23N5O3S2/c1-13-11-15(27-18-19-8-4-9-20-18)6-7-16(13)22-17(24)21-14-5-3-10-23(12-14)28(2,25)26/h4,6-9,11,14H,3,5,10,12H2,1-2H3,(H2,21,22,24). The van der Waals surface area contributed by atoms with Crippen molar-refractivity contribution in [2.24, 2.45) is 0 Å². The first kappa shape index (κ1) is 20.6. The fourth-order valence-electron chi connectivity index (χ4n) is 2.99. The molecule has 1 aromatic heterocycles. The largest absolute Gasteiger partial charge is 0.334 e. The van der Waals surface area contributed by atoms with Gasteiger partial charge in [-0.25, -0.2) is 27.5 Å². The molecule has 2 N–H and O–H groups in total. The van der Waals surface area contributed by atoms with Gasteiger partial charge in [0, 0.05) is 42.1 Å². The third kappa shape index (κ3) is 5.66. The summed E-state index contributed by atoms with van der Waals surface area (Å²) in [7, 11) is -3.24. The maximum atomic E-state index is 12.3. The van der Waals surface area contributed by atoms with Crippen LogP contribution in [0.25, 0.3) is 0 Å². The van der Waals surface area contributed by atoms with Crippen LogP contribution in [0.4, 0.5) is 10.5 Å². The second kappa shape index (κ2) is 8.89. The van der Waals surface area contributed by atoms with Gasteiger partial charge >= 0.3 is 6.03 Å². The van der Waals surface area contributed by atoms with E-state index in [0.29, 0.717) is 23.9 Å². The Kier molecular flexibility index (Phi) is 6.53. The molecule has 1 aromatic carbocycles. The highest BCUT2D eigenvalue weighted by Crippen LogP contribution is 2.27. The van der Waals surface area contributed by atoms with E-state index in [1.165, 1.54) is 22.3 Å². The highest BCUT2D eigenvalue weighted by Gasteiger charge is 2.26. The summed E-state index contributed by atoms with van der Waals surface area (Å²) in [4.78, 5) is 21.7. The Balaban J connectivity index is 1.58. The molecule has 150 valence electrons. The van der Waals surface area contributed by atoms with Crippen molar-refractivity contribution >= 4 is 33.5 Å². The van der Waals surface area contributed by atoms with Gasteiger partial charge in [0.1, 0.15) is 0 Å².